The average molecular weight is 318 g/mol. The second-order valence-corrected chi connectivity index (χ2v) is 4.92. The number of hydrogen-bond acceptors (Lipinski definition) is 5. The van der Waals surface area contributed by atoms with Gasteiger partial charge in [-0.2, -0.15) is 10.5 Å². The summed E-state index contributed by atoms with van der Waals surface area (Å²) < 4.78 is 0. The van der Waals surface area contributed by atoms with Gasteiger partial charge in [0.15, 0.2) is 0 Å². The van der Waals surface area contributed by atoms with Crippen molar-refractivity contribution in [2.45, 2.75) is 6.92 Å². The second kappa shape index (κ2) is 7.48. The number of benzene rings is 2. The molecule has 0 bridgehead atoms. The topological polar surface area (TPSA) is 109 Å². The summed E-state index contributed by atoms with van der Waals surface area (Å²) >= 11 is 0. The summed E-state index contributed by atoms with van der Waals surface area (Å²) in [5, 5.41) is 33.0. The van der Waals surface area contributed by atoms with Crippen LogP contribution in [0, 0.1) is 29.6 Å². The van der Waals surface area contributed by atoms with Crippen molar-refractivity contribution in [2.75, 3.05) is 10.6 Å². The number of phenols is 1. The molecule has 2 aromatic carbocycles. The van der Waals surface area contributed by atoms with Gasteiger partial charge in [-0.1, -0.05) is 12.1 Å². The molecular weight excluding hydrogens is 304 g/mol. The first-order valence-electron chi connectivity index (χ1n) is 7.02. The van der Waals surface area contributed by atoms with Gasteiger partial charge >= 0.3 is 0 Å². The van der Waals surface area contributed by atoms with Crippen LogP contribution in [0.1, 0.15) is 11.1 Å². The first-order chi connectivity index (χ1) is 11.5. The monoisotopic (exact) mass is 318 g/mol. The maximum absolute atomic E-state index is 12.2. The Hall–Kier alpha value is -3.77. The largest absolute Gasteiger partial charge is 0.508 e. The Kier molecular flexibility index (Phi) is 5.17. The zero-order chi connectivity index (χ0) is 17.5. The van der Waals surface area contributed by atoms with Gasteiger partial charge in [0.1, 0.15) is 23.5 Å². The van der Waals surface area contributed by atoms with Crippen LogP contribution in [-0.4, -0.2) is 11.0 Å². The normalized spacial score (nSPS) is 10.4. The molecule has 0 aliphatic heterocycles. The molecule has 24 heavy (non-hydrogen) atoms. The highest BCUT2D eigenvalue weighted by molar-refractivity contribution is 6.07. The molecule has 0 spiro atoms. The zero-order valence-corrected chi connectivity index (χ0v) is 12.9. The zero-order valence-electron chi connectivity index (χ0n) is 12.9. The maximum Gasteiger partial charge on any atom is 0.267 e. The Morgan fingerprint density at radius 3 is 2.58 bits per heavy atom. The Labute approximate surface area is 139 Å². The lowest BCUT2D eigenvalue weighted by molar-refractivity contribution is -0.112. The van der Waals surface area contributed by atoms with Gasteiger partial charge in [-0.25, -0.2) is 0 Å². The fourth-order valence-electron chi connectivity index (χ4n) is 1.99. The van der Waals surface area contributed by atoms with Crippen molar-refractivity contribution in [1.82, 2.24) is 0 Å². The molecule has 0 saturated carbocycles. The van der Waals surface area contributed by atoms with E-state index in [9.17, 15) is 9.90 Å². The van der Waals surface area contributed by atoms with Crippen LogP contribution in [0.5, 0.6) is 5.75 Å². The molecule has 0 fully saturated rings. The lowest BCUT2D eigenvalue weighted by Gasteiger charge is -2.08. The van der Waals surface area contributed by atoms with E-state index in [0.717, 1.165) is 5.56 Å². The van der Waals surface area contributed by atoms with Crippen molar-refractivity contribution >= 4 is 17.3 Å². The van der Waals surface area contributed by atoms with Crippen molar-refractivity contribution < 1.29 is 9.90 Å². The summed E-state index contributed by atoms with van der Waals surface area (Å²) in [7, 11) is 0. The minimum atomic E-state index is -0.621. The molecule has 0 saturated heterocycles. The molecule has 0 radical (unpaired) electrons. The third-order valence-corrected chi connectivity index (χ3v) is 3.24. The first-order valence-corrected chi connectivity index (χ1v) is 7.02. The summed E-state index contributed by atoms with van der Waals surface area (Å²) in [6.07, 6.45) is 1.28. The van der Waals surface area contributed by atoms with Crippen molar-refractivity contribution in [2.24, 2.45) is 0 Å². The molecular formula is C18H14N4O2. The predicted octanol–water partition coefficient (Wildman–Crippen LogP) is 3.03. The van der Waals surface area contributed by atoms with Gasteiger partial charge in [0.2, 0.25) is 0 Å². The van der Waals surface area contributed by atoms with Gasteiger partial charge in [0.25, 0.3) is 5.91 Å². The number of aryl methyl sites for hydroxylation is 1. The van der Waals surface area contributed by atoms with E-state index >= 15 is 0 Å². The summed E-state index contributed by atoms with van der Waals surface area (Å²) in [4.78, 5) is 12.2. The van der Waals surface area contributed by atoms with Crippen LogP contribution in [-0.2, 0) is 4.79 Å². The molecule has 0 aliphatic rings. The van der Waals surface area contributed by atoms with Crippen LogP contribution in [0.3, 0.4) is 0 Å². The molecule has 1 amide bonds. The van der Waals surface area contributed by atoms with E-state index in [-0.39, 0.29) is 11.3 Å². The number of para-hydroxylation sites is 1. The van der Waals surface area contributed by atoms with Crippen LogP contribution >= 0.6 is 0 Å². The maximum atomic E-state index is 12.2. The molecule has 6 heteroatoms. The standard InChI is InChI=1S/C18H14N4O2/c1-12-8-15(23)6-7-16(12)21-11-14(10-20)18(24)22-17-5-3-2-4-13(17)9-19/h2-8,11,21,23H,1H3,(H,22,24)/b14-11-. The molecule has 0 unspecified atom stereocenters. The fraction of sp³-hybridized carbons (Fsp3) is 0.0556. The quantitative estimate of drug-likeness (QED) is 0.456. The van der Waals surface area contributed by atoms with Crippen LogP contribution < -0.4 is 10.6 Å². The molecule has 2 rings (SSSR count). The van der Waals surface area contributed by atoms with Gasteiger partial charge in [0.05, 0.1) is 11.3 Å². The summed E-state index contributed by atoms with van der Waals surface area (Å²) in [6.45, 7) is 1.78. The molecule has 0 heterocycles. The summed E-state index contributed by atoms with van der Waals surface area (Å²) in [5.74, 6) is -0.488. The Balaban J connectivity index is 2.17. The highest BCUT2D eigenvalue weighted by Crippen LogP contribution is 2.20. The van der Waals surface area contributed by atoms with Gasteiger partial charge in [-0.05, 0) is 42.8 Å². The number of nitrogens with zero attached hydrogens (tertiary/aromatic N) is 2. The van der Waals surface area contributed by atoms with Gasteiger partial charge in [0, 0.05) is 11.9 Å². The van der Waals surface area contributed by atoms with E-state index in [0.29, 0.717) is 16.9 Å². The van der Waals surface area contributed by atoms with Gasteiger partial charge in [-0.15, -0.1) is 0 Å². The lowest BCUT2D eigenvalue weighted by Crippen LogP contribution is -2.15. The van der Waals surface area contributed by atoms with E-state index < -0.39 is 5.91 Å². The summed E-state index contributed by atoms with van der Waals surface area (Å²) in [5.41, 5.74) is 1.93. The molecule has 0 atom stereocenters. The highest BCUT2D eigenvalue weighted by atomic mass is 16.3. The number of aromatic hydroxyl groups is 1. The first kappa shape index (κ1) is 16.6. The number of rotatable bonds is 4. The van der Waals surface area contributed by atoms with Crippen LogP contribution in [0.2, 0.25) is 0 Å². The molecule has 6 nitrogen and oxygen atoms in total. The van der Waals surface area contributed by atoms with E-state index in [2.05, 4.69) is 10.6 Å². The molecule has 2 aromatic rings. The lowest BCUT2D eigenvalue weighted by atomic mass is 10.1. The van der Waals surface area contributed by atoms with Gasteiger partial charge < -0.3 is 15.7 Å². The highest BCUT2D eigenvalue weighted by Gasteiger charge is 2.11. The predicted molar refractivity (Wildman–Crippen MR) is 89.9 cm³/mol. The smallest absolute Gasteiger partial charge is 0.267 e. The number of carbonyl (C=O) groups excluding carboxylic acids is 1. The van der Waals surface area contributed by atoms with Crippen LogP contribution in [0.15, 0.2) is 54.2 Å². The fourth-order valence-corrected chi connectivity index (χ4v) is 1.99. The number of amides is 1. The molecule has 0 aliphatic carbocycles. The Bertz CT molecular complexity index is 889. The average Bonchev–Trinajstić information content (AvgIpc) is 2.57. The Morgan fingerprint density at radius 2 is 1.92 bits per heavy atom. The van der Waals surface area contributed by atoms with E-state index in [1.54, 1.807) is 43.3 Å². The van der Waals surface area contributed by atoms with E-state index in [1.807, 2.05) is 12.1 Å². The number of nitriles is 2. The number of phenolic OH excluding ortho intramolecular Hbond substituents is 1. The summed E-state index contributed by atoms with van der Waals surface area (Å²) in [6, 6.07) is 15.0. The number of hydrogen-bond donors (Lipinski definition) is 3. The molecule has 0 aromatic heterocycles. The molecule has 3 N–H and O–H groups in total. The SMILES string of the molecule is Cc1cc(O)ccc1N/C=C(/C#N)C(=O)Nc1ccccc1C#N. The van der Waals surface area contributed by atoms with Gasteiger partial charge in [-0.3, -0.25) is 4.79 Å². The molecule has 118 valence electrons. The van der Waals surface area contributed by atoms with Crippen molar-refractivity contribution in [3.05, 3.63) is 65.4 Å². The van der Waals surface area contributed by atoms with Crippen molar-refractivity contribution in [3.63, 3.8) is 0 Å². The van der Waals surface area contributed by atoms with Crippen molar-refractivity contribution in [1.29, 1.82) is 10.5 Å². The second-order valence-electron chi connectivity index (χ2n) is 4.92. The Morgan fingerprint density at radius 1 is 1.17 bits per heavy atom. The minimum Gasteiger partial charge on any atom is -0.508 e. The number of nitrogens with one attached hydrogen (secondary N) is 2. The van der Waals surface area contributed by atoms with Crippen LogP contribution in [0.4, 0.5) is 11.4 Å². The third-order valence-electron chi connectivity index (χ3n) is 3.24. The van der Waals surface area contributed by atoms with E-state index in [1.165, 1.54) is 12.3 Å². The van der Waals surface area contributed by atoms with Crippen LogP contribution in [0.25, 0.3) is 0 Å². The number of carbonyl (C=O) groups is 1. The van der Waals surface area contributed by atoms with Crippen molar-refractivity contribution in [3.8, 4) is 17.9 Å². The minimum absolute atomic E-state index is 0.133. The number of anilines is 2. The van der Waals surface area contributed by atoms with E-state index in [4.69, 9.17) is 10.5 Å². The third kappa shape index (κ3) is 3.90.